The Hall–Kier alpha value is -2.47. The highest BCUT2D eigenvalue weighted by Crippen LogP contribution is 2.29. The number of halogens is 1. The quantitative estimate of drug-likeness (QED) is 0.629. The maximum absolute atomic E-state index is 12.3. The van der Waals surface area contributed by atoms with Crippen molar-refractivity contribution in [3.63, 3.8) is 0 Å². The summed E-state index contributed by atoms with van der Waals surface area (Å²) in [5.41, 5.74) is 1.41. The maximum Gasteiger partial charge on any atom is 0.410 e. The number of aromatic nitrogens is 1. The fourth-order valence-corrected chi connectivity index (χ4v) is 3.57. The number of piperidine rings is 1. The van der Waals surface area contributed by atoms with Crippen LogP contribution in [0.15, 0.2) is 36.4 Å². The van der Waals surface area contributed by atoms with Gasteiger partial charge in [0.2, 0.25) is 5.88 Å². The summed E-state index contributed by atoms with van der Waals surface area (Å²) in [4.78, 5) is 18.7. The molecular weight excluding hydrogens is 404 g/mol. The third kappa shape index (κ3) is 6.02. The molecule has 0 unspecified atom stereocenters. The van der Waals surface area contributed by atoms with Gasteiger partial charge in [-0.1, -0.05) is 23.7 Å². The summed E-state index contributed by atoms with van der Waals surface area (Å²) in [5, 5.41) is 0.619. The minimum atomic E-state index is -0.478. The molecular formula is C23H29ClN2O4. The number of carbonyl (C=O) groups excluding carboxylic acids is 1. The molecule has 1 aromatic heterocycles. The molecule has 2 heterocycles. The number of hydrogen-bond acceptors (Lipinski definition) is 5. The van der Waals surface area contributed by atoms with Crippen LogP contribution in [0, 0.1) is 0 Å². The van der Waals surface area contributed by atoms with Crippen molar-refractivity contribution in [1.29, 1.82) is 0 Å². The number of benzene rings is 1. The summed E-state index contributed by atoms with van der Waals surface area (Å²) >= 11 is 6.02. The maximum atomic E-state index is 12.3. The van der Waals surface area contributed by atoms with E-state index in [1.807, 2.05) is 51.1 Å². The van der Waals surface area contributed by atoms with E-state index in [2.05, 4.69) is 0 Å². The van der Waals surface area contributed by atoms with Crippen LogP contribution >= 0.6 is 11.6 Å². The molecule has 162 valence electrons. The molecule has 0 bridgehead atoms. The van der Waals surface area contributed by atoms with Gasteiger partial charge in [-0.3, -0.25) is 0 Å². The van der Waals surface area contributed by atoms with Crippen molar-refractivity contribution in [2.75, 3.05) is 20.2 Å². The summed E-state index contributed by atoms with van der Waals surface area (Å²) in [6.45, 7) is 7.31. The van der Waals surface area contributed by atoms with Gasteiger partial charge < -0.3 is 19.1 Å². The number of amides is 1. The Morgan fingerprint density at radius 1 is 1.20 bits per heavy atom. The van der Waals surface area contributed by atoms with Crippen molar-refractivity contribution in [3.05, 3.63) is 52.7 Å². The van der Waals surface area contributed by atoms with E-state index in [1.54, 1.807) is 18.1 Å². The molecule has 1 aliphatic rings. The third-order valence-electron chi connectivity index (χ3n) is 4.93. The number of hydrogen-bond donors (Lipinski definition) is 0. The molecule has 7 heteroatoms. The van der Waals surface area contributed by atoms with Crippen molar-refractivity contribution in [1.82, 2.24) is 9.88 Å². The van der Waals surface area contributed by atoms with Crippen LogP contribution in [0.1, 0.15) is 50.8 Å². The van der Waals surface area contributed by atoms with Gasteiger partial charge >= 0.3 is 6.09 Å². The van der Waals surface area contributed by atoms with Crippen LogP contribution in [0.25, 0.3) is 0 Å². The van der Waals surface area contributed by atoms with Crippen molar-refractivity contribution in [2.45, 2.75) is 51.7 Å². The molecule has 0 aliphatic carbocycles. The Kier molecular flexibility index (Phi) is 7.08. The van der Waals surface area contributed by atoms with Gasteiger partial charge in [0.15, 0.2) is 0 Å². The monoisotopic (exact) mass is 432 g/mol. The number of carbonyl (C=O) groups is 1. The van der Waals surface area contributed by atoms with Crippen LogP contribution in [-0.4, -0.2) is 41.8 Å². The van der Waals surface area contributed by atoms with E-state index in [9.17, 15) is 4.79 Å². The van der Waals surface area contributed by atoms with Gasteiger partial charge in [0.05, 0.1) is 7.11 Å². The van der Waals surface area contributed by atoms with Gasteiger partial charge in [-0.2, -0.15) is 0 Å². The second-order valence-electron chi connectivity index (χ2n) is 8.39. The van der Waals surface area contributed by atoms with Crippen LogP contribution in [0.2, 0.25) is 5.02 Å². The van der Waals surface area contributed by atoms with Gasteiger partial charge in [0.25, 0.3) is 0 Å². The first-order valence-corrected chi connectivity index (χ1v) is 10.5. The molecule has 1 fully saturated rings. The molecule has 0 saturated carbocycles. The van der Waals surface area contributed by atoms with Gasteiger partial charge in [0.1, 0.15) is 18.0 Å². The highest BCUT2D eigenvalue weighted by atomic mass is 35.5. The number of rotatable bonds is 5. The Bertz CT molecular complexity index is 874. The van der Waals surface area contributed by atoms with Crippen molar-refractivity contribution >= 4 is 17.7 Å². The zero-order chi connectivity index (χ0) is 21.7. The van der Waals surface area contributed by atoms with Gasteiger partial charge in [-0.25, -0.2) is 9.78 Å². The molecule has 0 radical (unpaired) electrons. The van der Waals surface area contributed by atoms with Crippen LogP contribution in [-0.2, 0) is 11.3 Å². The molecule has 30 heavy (non-hydrogen) atoms. The van der Waals surface area contributed by atoms with E-state index in [0.29, 0.717) is 36.3 Å². The minimum absolute atomic E-state index is 0.247. The number of ether oxygens (including phenoxy) is 3. The van der Waals surface area contributed by atoms with Crippen LogP contribution in [0.4, 0.5) is 4.79 Å². The zero-order valence-electron chi connectivity index (χ0n) is 18.0. The third-order valence-corrected chi connectivity index (χ3v) is 5.17. The SMILES string of the molecule is COc1cc(Cl)ccc1COc1cccc(C2CCN(C(=O)OC(C)(C)C)CC2)n1. The molecule has 0 N–H and O–H groups in total. The van der Waals surface area contributed by atoms with Crippen LogP contribution in [0.3, 0.4) is 0 Å². The van der Waals surface area contributed by atoms with Gasteiger partial charge in [0, 0.05) is 41.4 Å². The number of pyridine rings is 1. The first kappa shape index (κ1) is 22.2. The Balaban J connectivity index is 1.58. The minimum Gasteiger partial charge on any atom is -0.496 e. The zero-order valence-corrected chi connectivity index (χ0v) is 18.7. The van der Waals surface area contributed by atoms with E-state index < -0.39 is 5.60 Å². The molecule has 1 aliphatic heterocycles. The summed E-state index contributed by atoms with van der Waals surface area (Å²) in [6.07, 6.45) is 1.45. The second kappa shape index (κ2) is 9.56. The first-order chi connectivity index (χ1) is 14.2. The Morgan fingerprint density at radius 3 is 2.60 bits per heavy atom. The lowest BCUT2D eigenvalue weighted by atomic mass is 9.93. The van der Waals surface area contributed by atoms with E-state index >= 15 is 0 Å². The Labute approximate surface area is 183 Å². The molecule has 1 saturated heterocycles. The number of likely N-dealkylation sites (tertiary alicyclic amines) is 1. The van der Waals surface area contributed by atoms with Crippen molar-refractivity contribution in [2.24, 2.45) is 0 Å². The van der Waals surface area contributed by atoms with E-state index in [4.69, 9.17) is 30.8 Å². The molecule has 2 aromatic rings. The Morgan fingerprint density at radius 2 is 1.93 bits per heavy atom. The van der Waals surface area contributed by atoms with Crippen molar-refractivity contribution in [3.8, 4) is 11.6 Å². The van der Waals surface area contributed by atoms with Gasteiger partial charge in [-0.15, -0.1) is 0 Å². The average molecular weight is 433 g/mol. The standard InChI is InChI=1S/C23H29ClN2O4/c1-23(2,3)30-22(27)26-12-10-16(11-13-26)19-6-5-7-21(25-19)29-15-17-8-9-18(24)14-20(17)28-4/h5-9,14,16H,10-13,15H2,1-4H3. The highest BCUT2D eigenvalue weighted by Gasteiger charge is 2.28. The van der Waals surface area contributed by atoms with Crippen molar-refractivity contribution < 1.29 is 19.0 Å². The van der Waals surface area contributed by atoms with E-state index in [-0.39, 0.29) is 12.0 Å². The normalized spacial score (nSPS) is 15.0. The summed E-state index contributed by atoms with van der Waals surface area (Å²) < 4.78 is 16.7. The first-order valence-electron chi connectivity index (χ1n) is 10.2. The highest BCUT2D eigenvalue weighted by molar-refractivity contribution is 6.30. The molecule has 1 amide bonds. The van der Waals surface area contributed by atoms with Crippen LogP contribution in [0.5, 0.6) is 11.6 Å². The topological polar surface area (TPSA) is 60.9 Å². The lowest BCUT2D eigenvalue weighted by molar-refractivity contribution is 0.0204. The average Bonchev–Trinajstić information content (AvgIpc) is 2.72. The van der Waals surface area contributed by atoms with Gasteiger partial charge in [-0.05, 0) is 51.8 Å². The summed E-state index contributed by atoms with van der Waals surface area (Å²) in [5.74, 6) is 1.55. The molecule has 0 spiro atoms. The lowest BCUT2D eigenvalue weighted by Crippen LogP contribution is -2.41. The molecule has 0 atom stereocenters. The number of nitrogens with zero attached hydrogens (tertiary/aromatic N) is 2. The summed E-state index contributed by atoms with van der Waals surface area (Å²) in [6, 6.07) is 11.3. The van der Waals surface area contributed by atoms with E-state index in [0.717, 1.165) is 24.1 Å². The second-order valence-corrected chi connectivity index (χ2v) is 8.82. The van der Waals surface area contributed by atoms with E-state index in [1.165, 1.54) is 0 Å². The number of methoxy groups -OCH3 is 1. The smallest absolute Gasteiger partial charge is 0.410 e. The predicted octanol–water partition coefficient (Wildman–Crippen LogP) is 5.44. The lowest BCUT2D eigenvalue weighted by Gasteiger charge is -2.33. The fourth-order valence-electron chi connectivity index (χ4n) is 3.41. The molecule has 3 rings (SSSR count). The fraction of sp³-hybridized carbons (Fsp3) is 0.478. The molecule has 1 aromatic carbocycles. The largest absolute Gasteiger partial charge is 0.496 e. The predicted molar refractivity (Wildman–Crippen MR) is 116 cm³/mol. The molecule has 6 nitrogen and oxygen atoms in total. The van der Waals surface area contributed by atoms with Crippen LogP contribution < -0.4 is 9.47 Å². The summed E-state index contributed by atoms with van der Waals surface area (Å²) in [7, 11) is 1.61.